The van der Waals surface area contributed by atoms with Gasteiger partial charge in [-0.15, -0.1) is 10.2 Å². The Hall–Kier alpha value is -1.96. The zero-order chi connectivity index (χ0) is 16.2. The van der Waals surface area contributed by atoms with Gasteiger partial charge in [-0.1, -0.05) is 23.2 Å². The Labute approximate surface area is 142 Å². The van der Waals surface area contributed by atoms with Gasteiger partial charge >= 0.3 is 0 Å². The highest BCUT2D eigenvalue weighted by molar-refractivity contribution is 6.34. The first-order valence-electron chi connectivity index (χ1n) is 6.89. The summed E-state index contributed by atoms with van der Waals surface area (Å²) in [7, 11) is 1.64. The molecule has 0 N–H and O–H groups in total. The van der Waals surface area contributed by atoms with Crippen LogP contribution in [0, 0.1) is 0 Å². The number of hydrogen-bond donors (Lipinski definition) is 0. The van der Waals surface area contributed by atoms with Crippen LogP contribution >= 0.6 is 23.2 Å². The summed E-state index contributed by atoms with van der Waals surface area (Å²) >= 11 is 12.4. The van der Waals surface area contributed by atoms with Crippen LogP contribution in [-0.4, -0.2) is 43.2 Å². The van der Waals surface area contributed by atoms with Gasteiger partial charge in [-0.25, -0.2) is 9.67 Å². The molecule has 0 aliphatic carbocycles. The van der Waals surface area contributed by atoms with E-state index in [2.05, 4.69) is 20.3 Å². The molecule has 3 aromatic rings. The highest BCUT2D eigenvalue weighted by Crippen LogP contribution is 2.25. The summed E-state index contributed by atoms with van der Waals surface area (Å²) in [6, 6.07) is 5.22. The maximum Gasteiger partial charge on any atom is 0.153 e. The van der Waals surface area contributed by atoms with Crippen molar-refractivity contribution in [1.29, 1.82) is 0 Å². The molecule has 9 heteroatoms. The number of halogens is 2. The van der Waals surface area contributed by atoms with Gasteiger partial charge in [0.25, 0.3) is 0 Å². The second-order valence-electron chi connectivity index (χ2n) is 4.83. The van der Waals surface area contributed by atoms with Crippen molar-refractivity contribution in [3.8, 4) is 5.69 Å². The number of ether oxygens (including phenoxy) is 1. The van der Waals surface area contributed by atoms with E-state index >= 15 is 0 Å². The molecule has 0 amide bonds. The predicted octanol–water partition coefficient (Wildman–Crippen LogP) is 2.40. The molecule has 0 spiro atoms. The quantitative estimate of drug-likeness (QED) is 0.681. The van der Waals surface area contributed by atoms with Gasteiger partial charge < -0.3 is 9.30 Å². The second kappa shape index (κ2) is 7.08. The number of aromatic nitrogens is 6. The first kappa shape index (κ1) is 15.9. The summed E-state index contributed by atoms with van der Waals surface area (Å²) in [5, 5.41) is 13.2. The first-order valence-corrected chi connectivity index (χ1v) is 7.64. The van der Waals surface area contributed by atoms with Crippen LogP contribution in [-0.2, 0) is 17.7 Å². The lowest BCUT2D eigenvalue weighted by atomic mass is 10.3. The van der Waals surface area contributed by atoms with Crippen LogP contribution in [0.25, 0.3) is 5.69 Å². The number of hydrogen-bond acceptors (Lipinski definition) is 5. The minimum absolute atomic E-state index is 0.468. The van der Waals surface area contributed by atoms with Crippen LogP contribution in [0.2, 0.25) is 10.0 Å². The van der Waals surface area contributed by atoms with Gasteiger partial charge in [0, 0.05) is 18.6 Å². The zero-order valence-electron chi connectivity index (χ0n) is 12.4. The summed E-state index contributed by atoms with van der Waals surface area (Å²) < 4.78 is 8.59. The molecular weight excluding hydrogens is 339 g/mol. The molecule has 0 aliphatic rings. The maximum absolute atomic E-state index is 6.29. The number of nitrogens with zero attached hydrogens (tertiary/aromatic N) is 6. The largest absolute Gasteiger partial charge is 0.384 e. The Morgan fingerprint density at radius 2 is 1.96 bits per heavy atom. The fourth-order valence-electron chi connectivity index (χ4n) is 2.10. The molecule has 120 valence electrons. The minimum Gasteiger partial charge on any atom is -0.384 e. The summed E-state index contributed by atoms with van der Waals surface area (Å²) in [5.41, 5.74) is 0.679. The number of rotatable bonds is 6. The molecule has 2 heterocycles. The number of benzene rings is 1. The third-order valence-electron chi connectivity index (χ3n) is 3.17. The van der Waals surface area contributed by atoms with Crippen LogP contribution in [0.3, 0.4) is 0 Å². The molecule has 1 aromatic carbocycles. The van der Waals surface area contributed by atoms with Gasteiger partial charge in [-0.3, -0.25) is 0 Å². The third kappa shape index (κ3) is 3.69. The van der Waals surface area contributed by atoms with E-state index in [1.165, 1.54) is 0 Å². The average Bonchev–Trinajstić information content (AvgIpc) is 3.18. The lowest BCUT2D eigenvalue weighted by Gasteiger charge is -2.08. The summed E-state index contributed by atoms with van der Waals surface area (Å²) in [4.78, 5) is 4.56. The molecule has 0 unspecified atom stereocenters. The monoisotopic (exact) mass is 352 g/mol. The zero-order valence-corrected chi connectivity index (χ0v) is 13.9. The molecule has 0 radical (unpaired) electrons. The van der Waals surface area contributed by atoms with Crippen LogP contribution in [0.5, 0.6) is 0 Å². The van der Waals surface area contributed by atoms with Gasteiger partial charge in [0.2, 0.25) is 0 Å². The van der Waals surface area contributed by atoms with E-state index in [4.69, 9.17) is 27.9 Å². The molecule has 23 heavy (non-hydrogen) atoms. The molecule has 3 rings (SSSR count). The normalized spacial score (nSPS) is 11.1. The average molecular weight is 353 g/mol. The van der Waals surface area contributed by atoms with Crippen molar-refractivity contribution in [2.24, 2.45) is 0 Å². The summed E-state index contributed by atoms with van der Waals surface area (Å²) in [6.45, 7) is 1.01. The Balaban J connectivity index is 2.02. The molecule has 0 bridgehead atoms. The van der Waals surface area contributed by atoms with E-state index in [0.717, 1.165) is 0 Å². The predicted molar refractivity (Wildman–Crippen MR) is 86.1 cm³/mol. The minimum atomic E-state index is 0.468. The van der Waals surface area contributed by atoms with Crippen molar-refractivity contribution >= 4 is 23.2 Å². The Morgan fingerprint density at radius 3 is 2.70 bits per heavy atom. The molecule has 0 saturated heterocycles. The number of methoxy groups -OCH3 is 1. The molecule has 0 aliphatic heterocycles. The Kier molecular flexibility index (Phi) is 4.90. The van der Waals surface area contributed by atoms with E-state index in [1.54, 1.807) is 47.2 Å². The first-order chi connectivity index (χ1) is 11.2. The highest BCUT2D eigenvalue weighted by Gasteiger charge is 2.15. The van der Waals surface area contributed by atoms with Gasteiger partial charge in [0.05, 0.1) is 23.9 Å². The van der Waals surface area contributed by atoms with Crippen molar-refractivity contribution in [3.63, 3.8) is 0 Å². The molecule has 0 fully saturated rings. The maximum atomic E-state index is 6.29. The van der Waals surface area contributed by atoms with Crippen molar-refractivity contribution < 1.29 is 4.74 Å². The fourth-order valence-corrected chi connectivity index (χ4v) is 2.47. The molecule has 7 nitrogen and oxygen atoms in total. The van der Waals surface area contributed by atoms with E-state index in [-0.39, 0.29) is 0 Å². The van der Waals surface area contributed by atoms with Crippen LogP contribution in [0.1, 0.15) is 11.6 Å². The van der Waals surface area contributed by atoms with Gasteiger partial charge in [-0.2, -0.15) is 5.10 Å². The van der Waals surface area contributed by atoms with Crippen molar-refractivity contribution in [2.45, 2.75) is 13.0 Å². The third-order valence-corrected chi connectivity index (χ3v) is 3.73. The van der Waals surface area contributed by atoms with Gasteiger partial charge in [0.15, 0.2) is 11.6 Å². The molecular formula is C14H14Cl2N6O. The highest BCUT2D eigenvalue weighted by atomic mass is 35.5. The molecule has 2 aromatic heterocycles. The van der Waals surface area contributed by atoms with Crippen molar-refractivity contribution in [2.75, 3.05) is 13.7 Å². The standard InChI is InChI=1S/C14H14Cl2N6O/c1-23-5-4-13-19-14(7-21-8-17-18-9-21)22(20-13)12-6-10(15)2-3-11(12)16/h2-3,6,8-9H,4-5,7H2,1H3. The lowest BCUT2D eigenvalue weighted by molar-refractivity contribution is 0.200. The molecule has 0 saturated carbocycles. The van der Waals surface area contributed by atoms with Crippen LogP contribution < -0.4 is 0 Å². The topological polar surface area (TPSA) is 70.7 Å². The van der Waals surface area contributed by atoms with Crippen molar-refractivity contribution in [1.82, 2.24) is 29.5 Å². The van der Waals surface area contributed by atoms with E-state index < -0.39 is 0 Å². The Morgan fingerprint density at radius 1 is 1.17 bits per heavy atom. The fraction of sp³-hybridized carbons (Fsp3) is 0.286. The Bertz CT molecular complexity index is 787. The summed E-state index contributed by atoms with van der Waals surface area (Å²) in [5.74, 6) is 1.38. The van der Waals surface area contributed by atoms with Crippen LogP contribution in [0.4, 0.5) is 0 Å². The van der Waals surface area contributed by atoms with Crippen LogP contribution in [0.15, 0.2) is 30.9 Å². The van der Waals surface area contributed by atoms with Crippen molar-refractivity contribution in [3.05, 3.63) is 52.5 Å². The van der Waals surface area contributed by atoms with E-state index in [1.807, 2.05) is 0 Å². The second-order valence-corrected chi connectivity index (χ2v) is 5.67. The van der Waals surface area contributed by atoms with E-state index in [0.29, 0.717) is 47.0 Å². The van der Waals surface area contributed by atoms with Gasteiger partial charge in [0.1, 0.15) is 12.7 Å². The van der Waals surface area contributed by atoms with Gasteiger partial charge in [-0.05, 0) is 18.2 Å². The summed E-state index contributed by atoms with van der Waals surface area (Å²) in [6.07, 6.45) is 3.84. The smallest absolute Gasteiger partial charge is 0.153 e. The van der Waals surface area contributed by atoms with E-state index in [9.17, 15) is 0 Å². The SMILES string of the molecule is COCCc1nc(Cn2cnnc2)n(-c2cc(Cl)ccc2Cl)n1. The lowest BCUT2D eigenvalue weighted by Crippen LogP contribution is -2.08. The molecule has 0 atom stereocenters.